The molecule has 144 valence electrons. The summed E-state index contributed by atoms with van der Waals surface area (Å²) in [6.45, 7) is 0.345. The van der Waals surface area contributed by atoms with Gasteiger partial charge in [-0.05, 0) is 42.5 Å². The molecule has 1 N–H and O–H groups in total. The number of carbonyl (C=O) groups excluding carboxylic acids is 1. The van der Waals surface area contributed by atoms with Crippen molar-refractivity contribution < 1.29 is 9.53 Å². The van der Waals surface area contributed by atoms with Crippen LogP contribution in [0.1, 0.15) is 10.4 Å². The minimum atomic E-state index is -0.486. The SMILES string of the molecule is COc1ccc(-c2ccc(=O)n(CCNC(=O)c3cccn(C)c3=O)n2)cc1. The van der Waals surface area contributed by atoms with Gasteiger partial charge in [-0.15, -0.1) is 0 Å². The monoisotopic (exact) mass is 380 g/mol. The van der Waals surface area contributed by atoms with Gasteiger partial charge in [0.1, 0.15) is 11.3 Å². The van der Waals surface area contributed by atoms with Gasteiger partial charge in [-0.2, -0.15) is 5.10 Å². The number of pyridine rings is 1. The maximum atomic E-state index is 12.2. The summed E-state index contributed by atoms with van der Waals surface area (Å²) in [7, 11) is 3.17. The molecule has 1 amide bonds. The summed E-state index contributed by atoms with van der Waals surface area (Å²) in [6, 6.07) is 13.5. The molecule has 3 aromatic rings. The van der Waals surface area contributed by atoms with E-state index in [9.17, 15) is 14.4 Å². The second-order valence-electron chi connectivity index (χ2n) is 6.10. The molecule has 3 rings (SSSR count). The fourth-order valence-electron chi connectivity index (χ4n) is 2.67. The van der Waals surface area contributed by atoms with Gasteiger partial charge in [0, 0.05) is 31.4 Å². The zero-order valence-corrected chi connectivity index (χ0v) is 15.6. The third-order valence-corrected chi connectivity index (χ3v) is 4.23. The van der Waals surface area contributed by atoms with Crippen molar-refractivity contribution in [3.63, 3.8) is 0 Å². The molecule has 0 aliphatic carbocycles. The molecular formula is C20H20N4O4. The molecule has 1 aromatic carbocycles. The van der Waals surface area contributed by atoms with Crippen LogP contribution in [-0.4, -0.2) is 33.9 Å². The van der Waals surface area contributed by atoms with Gasteiger partial charge >= 0.3 is 0 Å². The highest BCUT2D eigenvalue weighted by molar-refractivity contribution is 5.93. The molecule has 0 unspecified atom stereocenters. The zero-order chi connectivity index (χ0) is 20.1. The first-order valence-electron chi connectivity index (χ1n) is 8.66. The lowest BCUT2D eigenvalue weighted by Gasteiger charge is -2.09. The first-order valence-corrected chi connectivity index (χ1v) is 8.66. The number of aromatic nitrogens is 3. The predicted octanol–water partition coefficient (Wildman–Crippen LogP) is 1.05. The van der Waals surface area contributed by atoms with Crippen molar-refractivity contribution >= 4 is 5.91 Å². The van der Waals surface area contributed by atoms with Crippen LogP contribution in [-0.2, 0) is 13.6 Å². The van der Waals surface area contributed by atoms with Crippen LogP contribution in [0.3, 0.4) is 0 Å². The highest BCUT2D eigenvalue weighted by Crippen LogP contribution is 2.19. The largest absolute Gasteiger partial charge is 0.497 e. The molecule has 2 aromatic heterocycles. The number of methoxy groups -OCH3 is 1. The van der Waals surface area contributed by atoms with Gasteiger partial charge in [-0.3, -0.25) is 14.4 Å². The number of hydrogen-bond donors (Lipinski definition) is 1. The van der Waals surface area contributed by atoms with Crippen LogP contribution in [0.2, 0.25) is 0 Å². The standard InChI is InChI=1S/C20H20N4O4/c1-23-12-3-4-16(20(23)27)19(26)21-11-13-24-18(25)10-9-17(22-24)14-5-7-15(28-2)8-6-14/h3-10,12H,11,13H2,1-2H3,(H,21,26). The van der Waals surface area contributed by atoms with Gasteiger partial charge in [0.05, 0.1) is 19.3 Å². The Labute approximate surface area is 161 Å². The van der Waals surface area contributed by atoms with E-state index in [1.165, 1.54) is 21.4 Å². The van der Waals surface area contributed by atoms with Crippen molar-refractivity contribution in [2.45, 2.75) is 6.54 Å². The predicted molar refractivity (Wildman–Crippen MR) is 105 cm³/mol. The Hall–Kier alpha value is -3.68. The molecule has 0 atom stereocenters. The van der Waals surface area contributed by atoms with E-state index in [2.05, 4.69) is 10.4 Å². The van der Waals surface area contributed by atoms with Crippen molar-refractivity contribution in [1.29, 1.82) is 0 Å². The fourth-order valence-corrected chi connectivity index (χ4v) is 2.67. The van der Waals surface area contributed by atoms with Crippen LogP contribution in [0.15, 0.2) is 64.3 Å². The maximum absolute atomic E-state index is 12.2. The molecule has 8 heteroatoms. The maximum Gasteiger partial charge on any atom is 0.266 e. The third kappa shape index (κ3) is 4.17. The lowest BCUT2D eigenvalue weighted by molar-refractivity contribution is 0.0949. The third-order valence-electron chi connectivity index (χ3n) is 4.23. The number of ether oxygens (including phenoxy) is 1. The Kier molecular flexibility index (Phi) is 5.69. The van der Waals surface area contributed by atoms with Crippen LogP contribution in [0.5, 0.6) is 5.75 Å². The molecule has 0 saturated heterocycles. The minimum Gasteiger partial charge on any atom is -0.497 e. The topological polar surface area (TPSA) is 95.2 Å². The first kappa shape index (κ1) is 19.1. The Bertz CT molecular complexity index is 1100. The van der Waals surface area contributed by atoms with Gasteiger partial charge < -0.3 is 14.6 Å². The Balaban J connectivity index is 1.70. The Morgan fingerprint density at radius 1 is 1.11 bits per heavy atom. The second-order valence-corrected chi connectivity index (χ2v) is 6.10. The summed E-state index contributed by atoms with van der Waals surface area (Å²) in [5.41, 5.74) is 0.869. The van der Waals surface area contributed by atoms with Crippen LogP contribution in [0.25, 0.3) is 11.3 Å². The van der Waals surface area contributed by atoms with Gasteiger partial charge in [-0.1, -0.05) is 0 Å². The van der Waals surface area contributed by atoms with Gasteiger partial charge in [0.2, 0.25) is 0 Å². The van der Waals surface area contributed by atoms with E-state index < -0.39 is 5.91 Å². The summed E-state index contributed by atoms with van der Waals surface area (Å²) >= 11 is 0. The average Bonchev–Trinajstić information content (AvgIpc) is 2.71. The van der Waals surface area contributed by atoms with Crippen molar-refractivity contribution in [1.82, 2.24) is 19.7 Å². The molecule has 0 aliphatic heterocycles. The molecule has 0 bridgehead atoms. The quantitative estimate of drug-likeness (QED) is 0.690. The van der Waals surface area contributed by atoms with E-state index in [1.54, 1.807) is 32.5 Å². The number of carbonyl (C=O) groups is 1. The molecular weight excluding hydrogens is 360 g/mol. The van der Waals surface area contributed by atoms with E-state index >= 15 is 0 Å². The van der Waals surface area contributed by atoms with Crippen LogP contribution in [0.4, 0.5) is 0 Å². The number of hydrogen-bond acceptors (Lipinski definition) is 5. The van der Waals surface area contributed by atoms with Crippen molar-refractivity contribution in [3.8, 4) is 17.0 Å². The van der Waals surface area contributed by atoms with Crippen molar-refractivity contribution in [3.05, 3.63) is 81.0 Å². The Morgan fingerprint density at radius 2 is 1.86 bits per heavy atom. The number of nitrogens with one attached hydrogen (secondary N) is 1. The molecule has 28 heavy (non-hydrogen) atoms. The van der Waals surface area contributed by atoms with Gasteiger partial charge in [-0.25, -0.2) is 4.68 Å². The van der Waals surface area contributed by atoms with Crippen molar-refractivity contribution in [2.75, 3.05) is 13.7 Å². The number of amides is 1. The molecule has 0 aliphatic rings. The van der Waals surface area contributed by atoms with E-state index in [1.807, 2.05) is 24.3 Å². The first-order chi connectivity index (χ1) is 13.5. The highest BCUT2D eigenvalue weighted by Gasteiger charge is 2.11. The van der Waals surface area contributed by atoms with Crippen LogP contribution >= 0.6 is 0 Å². The summed E-state index contributed by atoms with van der Waals surface area (Å²) in [4.78, 5) is 36.2. The molecule has 0 saturated carbocycles. The summed E-state index contributed by atoms with van der Waals surface area (Å²) in [6.07, 6.45) is 1.58. The lowest BCUT2D eigenvalue weighted by atomic mass is 10.1. The minimum absolute atomic E-state index is 0.0530. The fraction of sp³-hybridized carbons (Fsp3) is 0.200. The summed E-state index contributed by atoms with van der Waals surface area (Å²) in [5.74, 6) is 0.243. The lowest BCUT2D eigenvalue weighted by Crippen LogP contribution is -2.35. The summed E-state index contributed by atoms with van der Waals surface area (Å²) < 4.78 is 7.75. The Morgan fingerprint density at radius 3 is 2.57 bits per heavy atom. The number of aryl methyl sites for hydroxylation is 1. The van der Waals surface area contributed by atoms with E-state index in [4.69, 9.17) is 4.74 Å². The van der Waals surface area contributed by atoms with Crippen LogP contribution < -0.4 is 21.2 Å². The van der Waals surface area contributed by atoms with Gasteiger partial charge in [0.25, 0.3) is 17.0 Å². The van der Waals surface area contributed by atoms with E-state index in [-0.39, 0.29) is 29.8 Å². The molecule has 0 radical (unpaired) electrons. The van der Waals surface area contributed by atoms with E-state index in [0.717, 1.165) is 11.3 Å². The van der Waals surface area contributed by atoms with Crippen LogP contribution in [0, 0.1) is 0 Å². The zero-order valence-electron chi connectivity index (χ0n) is 15.6. The molecule has 2 heterocycles. The average molecular weight is 380 g/mol. The molecule has 0 fully saturated rings. The van der Waals surface area contributed by atoms with Gasteiger partial charge in [0.15, 0.2) is 0 Å². The number of rotatable bonds is 6. The molecule has 0 spiro atoms. The number of nitrogens with zero attached hydrogens (tertiary/aromatic N) is 3. The highest BCUT2D eigenvalue weighted by atomic mass is 16.5. The second kappa shape index (κ2) is 8.34. The molecule has 8 nitrogen and oxygen atoms in total. The van der Waals surface area contributed by atoms with Crippen molar-refractivity contribution in [2.24, 2.45) is 7.05 Å². The van der Waals surface area contributed by atoms with E-state index in [0.29, 0.717) is 5.69 Å². The smallest absolute Gasteiger partial charge is 0.266 e. The summed E-state index contributed by atoms with van der Waals surface area (Å²) in [5, 5.41) is 6.99. The number of benzene rings is 1. The normalized spacial score (nSPS) is 10.5.